The fourth-order valence-corrected chi connectivity index (χ4v) is 4.77. The second-order valence-corrected chi connectivity index (χ2v) is 9.50. The molecule has 4 nitrogen and oxygen atoms in total. The van der Waals surface area contributed by atoms with Crippen LogP contribution in [0.15, 0.2) is 91.8 Å². The lowest BCUT2D eigenvalue weighted by atomic mass is 9.97. The molecule has 170 valence electrons. The van der Waals surface area contributed by atoms with Crippen LogP contribution in [0.25, 0.3) is 44.8 Å². The third kappa shape index (κ3) is 4.31. The molecule has 5 rings (SSSR count). The molecule has 2 aliphatic rings. The highest BCUT2D eigenvalue weighted by Gasteiger charge is 2.18. The number of thioether (sulfide) groups is 2. The van der Waals surface area contributed by atoms with E-state index in [1.54, 1.807) is 29.6 Å². The molecule has 0 saturated carbocycles. The monoisotopic (exact) mass is 485 g/mol. The van der Waals surface area contributed by atoms with Crippen molar-refractivity contribution in [3.8, 4) is 39.5 Å². The number of fused-ring (bicyclic) bond motifs is 2. The minimum absolute atomic E-state index is 0.212. The first-order chi connectivity index (χ1) is 16.6. The summed E-state index contributed by atoms with van der Waals surface area (Å²) in [5.41, 5.74) is 5.91. The number of ether oxygens (including phenoxy) is 1. The molecular weight excluding hydrogens is 462 g/mol. The molecule has 0 atom stereocenters. The molecule has 6 heteroatoms. The van der Waals surface area contributed by atoms with Gasteiger partial charge >= 0.3 is 0 Å². The molecule has 0 fully saturated rings. The van der Waals surface area contributed by atoms with Crippen molar-refractivity contribution in [2.45, 2.75) is 16.7 Å². The quantitative estimate of drug-likeness (QED) is 0.184. The lowest BCUT2D eigenvalue weighted by Crippen LogP contribution is -2.08. The molecule has 34 heavy (non-hydrogen) atoms. The third-order valence-corrected chi connectivity index (χ3v) is 7.16. The topological polar surface area (TPSA) is 52.3 Å². The van der Waals surface area contributed by atoms with Crippen molar-refractivity contribution in [3.63, 3.8) is 0 Å². The second-order valence-electron chi connectivity index (χ2n) is 7.74. The van der Waals surface area contributed by atoms with Gasteiger partial charge in [-0.3, -0.25) is 4.79 Å². The van der Waals surface area contributed by atoms with Crippen molar-refractivity contribution < 1.29 is 9.15 Å². The highest BCUT2D eigenvalue weighted by molar-refractivity contribution is 7.98. The van der Waals surface area contributed by atoms with E-state index >= 15 is 0 Å². The molecule has 0 unspecified atom stereocenters. The predicted octanol–water partition coefficient (Wildman–Crippen LogP) is 7.47. The van der Waals surface area contributed by atoms with E-state index < -0.39 is 0 Å². The van der Waals surface area contributed by atoms with Crippen LogP contribution in [0.5, 0.6) is 5.75 Å². The SMILES string of the molecule is CCOc1cc2nc3c(-c4ccc(SC)cc4)cc(-c4ccc(SC)cc4)cc3oc-2cc1=O. The number of benzene rings is 4. The molecule has 0 amide bonds. The van der Waals surface area contributed by atoms with Crippen molar-refractivity contribution in [1.82, 2.24) is 4.98 Å². The normalized spacial score (nSPS) is 11.3. The zero-order valence-corrected chi connectivity index (χ0v) is 20.8. The fraction of sp³-hybridized carbons (Fsp3) is 0.143. The average molecular weight is 486 g/mol. The predicted molar refractivity (Wildman–Crippen MR) is 143 cm³/mol. The summed E-state index contributed by atoms with van der Waals surface area (Å²) in [6.45, 7) is 2.27. The molecule has 1 aliphatic carbocycles. The van der Waals surface area contributed by atoms with E-state index in [0.717, 1.165) is 27.8 Å². The third-order valence-electron chi connectivity index (χ3n) is 5.68. The average Bonchev–Trinajstić information content (AvgIpc) is 2.88. The van der Waals surface area contributed by atoms with Crippen LogP contribution < -0.4 is 10.2 Å². The molecule has 1 aliphatic heterocycles. The first-order valence-electron chi connectivity index (χ1n) is 10.9. The Balaban J connectivity index is 1.77. The maximum Gasteiger partial charge on any atom is 0.224 e. The van der Waals surface area contributed by atoms with Gasteiger partial charge in [0.2, 0.25) is 5.43 Å². The first kappa shape index (κ1) is 22.6. The minimum atomic E-state index is -0.212. The lowest BCUT2D eigenvalue weighted by molar-refractivity contribution is 0.337. The largest absolute Gasteiger partial charge is 0.490 e. The van der Waals surface area contributed by atoms with Crippen LogP contribution >= 0.6 is 23.5 Å². The molecule has 0 N–H and O–H groups in total. The summed E-state index contributed by atoms with van der Waals surface area (Å²) >= 11 is 3.43. The maximum absolute atomic E-state index is 12.4. The Morgan fingerprint density at radius 1 is 0.824 bits per heavy atom. The summed E-state index contributed by atoms with van der Waals surface area (Å²) in [5, 5.41) is 0. The Hall–Kier alpha value is -3.22. The molecule has 3 aromatic rings. The van der Waals surface area contributed by atoms with E-state index in [0.29, 0.717) is 23.6 Å². The number of hydrogen-bond donors (Lipinski definition) is 0. The van der Waals surface area contributed by atoms with Gasteiger partial charge in [0.05, 0.1) is 6.61 Å². The van der Waals surface area contributed by atoms with E-state index in [4.69, 9.17) is 14.1 Å². The summed E-state index contributed by atoms with van der Waals surface area (Å²) in [6, 6.07) is 24.2. The molecule has 0 bridgehead atoms. The second kappa shape index (κ2) is 9.57. The maximum atomic E-state index is 12.4. The Kier molecular flexibility index (Phi) is 6.35. The van der Waals surface area contributed by atoms with Crippen molar-refractivity contribution in [2.24, 2.45) is 0 Å². The van der Waals surface area contributed by atoms with Gasteiger partial charge in [-0.25, -0.2) is 4.98 Å². The van der Waals surface area contributed by atoms with Crippen LogP contribution in [-0.4, -0.2) is 24.1 Å². The molecule has 0 aromatic heterocycles. The number of rotatable bonds is 6. The highest BCUT2D eigenvalue weighted by Crippen LogP contribution is 2.37. The van der Waals surface area contributed by atoms with Crippen molar-refractivity contribution in [1.29, 1.82) is 0 Å². The molecular formula is C28H23NO3S2. The minimum Gasteiger partial charge on any atom is -0.490 e. The van der Waals surface area contributed by atoms with Gasteiger partial charge in [0, 0.05) is 27.5 Å². The highest BCUT2D eigenvalue weighted by atomic mass is 32.2. The fourth-order valence-electron chi connectivity index (χ4n) is 3.95. The van der Waals surface area contributed by atoms with E-state index in [2.05, 4.69) is 67.1 Å². The van der Waals surface area contributed by atoms with Gasteiger partial charge in [-0.15, -0.1) is 23.5 Å². The zero-order valence-electron chi connectivity index (χ0n) is 19.1. The van der Waals surface area contributed by atoms with Crippen LogP contribution in [0.4, 0.5) is 0 Å². The standard InChI is InChI=1S/C28H23NO3S2/c1-4-31-26-15-23-25(16-24(26)30)32-27-14-19(17-5-9-20(33-2)10-6-17)13-22(28(27)29-23)18-7-11-21(34-3)12-8-18/h5-16H,4H2,1-3H3. The summed E-state index contributed by atoms with van der Waals surface area (Å²) < 4.78 is 11.7. The van der Waals surface area contributed by atoms with Crippen LogP contribution in [0, 0.1) is 0 Å². The Bertz CT molecular complexity index is 1490. The van der Waals surface area contributed by atoms with Crippen molar-refractivity contribution in [2.75, 3.05) is 19.1 Å². The van der Waals surface area contributed by atoms with E-state index in [1.807, 2.05) is 13.0 Å². The molecule has 0 saturated heterocycles. The Morgan fingerprint density at radius 3 is 2.09 bits per heavy atom. The number of nitrogens with zero attached hydrogens (tertiary/aromatic N) is 1. The van der Waals surface area contributed by atoms with Crippen LogP contribution in [0.2, 0.25) is 0 Å². The molecule has 0 spiro atoms. The lowest BCUT2D eigenvalue weighted by Gasteiger charge is -2.14. The van der Waals surface area contributed by atoms with Gasteiger partial charge in [0.15, 0.2) is 17.1 Å². The summed E-state index contributed by atoms with van der Waals surface area (Å²) in [6.07, 6.45) is 4.13. The number of aromatic nitrogens is 1. The van der Waals surface area contributed by atoms with Crippen molar-refractivity contribution in [3.05, 3.63) is 83.0 Å². The molecule has 3 aromatic carbocycles. The smallest absolute Gasteiger partial charge is 0.224 e. The van der Waals surface area contributed by atoms with Gasteiger partial charge in [0.25, 0.3) is 0 Å². The van der Waals surface area contributed by atoms with Crippen LogP contribution in [-0.2, 0) is 0 Å². The van der Waals surface area contributed by atoms with E-state index in [-0.39, 0.29) is 11.2 Å². The summed E-state index contributed by atoms with van der Waals surface area (Å²) in [7, 11) is 0. The summed E-state index contributed by atoms with van der Waals surface area (Å²) in [5.74, 6) is 0.730. The van der Waals surface area contributed by atoms with Gasteiger partial charge in [-0.1, -0.05) is 24.3 Å². The Morgan fingerprint density at radius 2 is 1.47 bits per heavy atom. The van der Waals surface area contributed by atoms with E-state index in [9.17, 15) is 4.79 Å². The van der Waals surface area contributed by atoms with Gasteiger partial charge in [-0.05, 0) is 72.5 Å². The summed E-state index contributed by atoms with van der Waals surface area (Å²) in [4.78, 5) is 19.8. The molecule has 0 radical (unpaired) electrons. The van der Waals surface area contributed by atoms with E-state index in [1.165, 1.54) is 15.9 Å². The van der Waals surface area contributed by atoms with Gasteiger partial charge < -0.3 is 9.15 Å². The number of hydrogen-bond acceptors (Lipinski definition) is 6. The zero-order chi connectivity index (χ0) is 23.7. The van der Waals surface area contributed by atoms with Crippen molar-refractivity contribution >= 4 is 34.6 Å². The molecule has 1 heterocycles. The Labute approximate surface area is 206 Å². The van der Waals surface area contributed by atoms with Gasteiger partial charge in [-0.2, -0.15) is 0 Å². The van der Waals surface area contributed by atoms with Crippen LogP contribution in [0.1, 0.15) is 6.92 Å². The van der Waals surface area contributed by atoms with Gasteiger partial charge in [0.1, 0.15) is 11.2 Å². The van der Waals surface area contributed by atoms with Crippen LogP contribution in [0.3, 0.4) is 0 Å². The first-order valence-corrected chi connectivity index (χ1v) is 13.4.